The fraction of sp³-hybridized carbons (Fsp3) is 0.344. The number of benzene rings is 2. The summed E-state index contributed by atoms with van der Waals surface area (Å²) in [7, 11) is 0. The number of fused-ring (bicyclic) bond motifs is 1. The number of nitrogens with one attached hydrogen (secondary N) is 3. The number of halogens is 2. The van der Waals surface area contributed by atoms with E-state index in [1.165, 1.54) is 4.57 Å². The topological polar surface area (TPSA) is 195 Å². The van der Waals surface area contributed by atoms with Gasteiger partial charge in [0.1, 0.15) is 5.65 Å². The van der Waals surface area contributed by atoms with E-state index in [1.807, 2.05) is 31.2 Å². The lowest BCUT2D eigenvalue weighted by molar-refractivity contribution is 0.511. The minimum atomic E-state index is -0.528. The van der Waals surface area contributed by atoms with Gasteiger partial charge in [-0.1, -0.05) is 23.7 Å². The molecule has 0 aliphatic heterocycles. The number of aryl methyl sites for hydroxylation is 1. The molecule has 12 nitrogen and oxygen atoms in total. The summed E-state index contributed by atoms with van der Waals surface area (Å²) in [5.74, 6) is -0.495. The minimum Gasteiger partial charge on any atom is -0.370 e. The summed E-state index contributed by atoms with van der Waals surface area (Å²) >= 11 is 6.25. The lowest BCUT2D eigenvalue weighted by Crippen LogP contribution is -2.29. The Bertz CT molecular complexity index is 1840. The predicted octanol–water partition coefficient (Wildman–Crippen LogP) is 3.89. The molecular formula is C32H39ClFN11O. The Balaban J connectivity index is 1.28. The Morgan fingerprint density at radius 2 is 1.93 bits per heavy atom. The molecule has 5 rings (SSSR count). The summed E-state index contributed by atoms with van der Waals surface area (Å²) in [5.41, 5.74) is 21.2. The minimum absolute atomic E-state index is 0.0294. The van der Waals surface area contributed by atoms with Crippen LogP contribution in [0.2, 0.25) is 5.02 Å². The maximum atomic E-state index is 15.1. The summed E-state index contributed by atoms with van der Waals surface area (Å²) in [4.78, 5) is 24.7. The third-order valence-corrected chi connectivity index (χ3v) is 8.13. The molecule has 3 aromatic heterocycles. The normalized spacial score (nSPS) is 13.5. The van der Waals surface area contributed by atoms with Gasteiger partial charge in [0.2, 0.25) is 0 Å². The molecule has 14 heteroatoms. The standard InChI is InChI=1S/C32H39ClFN11O/c1-18(35)4-3-5-20-12-26(29(34)27(33)13-20)28-14-22-17-45(32(46)42-30(22)41-28)25-8-6-21(7-9-25)19(2)38-11-10-23(40-31(36)37)15-24-16-39-44-43-24/h6-9,12-14,16-19,23,38H,3-5,10-11,15,35H2,1-2H3,(H4,36,37,40)(H,39,43,44)(H,41,42,46)/t18-,19-,23+/m0/s1. The van der Waals surface area contributed by atoms with Crippen LogP contribution in [0.25, 0.3) is 28.0 Å². The van der Waals surface area contributed by atoms with Crippen molar-refractivity contribution in [3.8, 4) is 16.9 Å². The van der Waals surface area contributed by atoms with E-state index in [2.05, 4.69) is 42.6 Å². The first-order valence-corrected chi connectivity index (χ1v) is 15.6. The molecule has 242 valence electrons. The van der Waals surface area contributed by atoms with Crippen molar-refractivity contribution in [3.05, 3.63) is 93.0 Å². The van der Waals surface area contributed by atoms with Gasteiger partial charge in [0.25, 0.3) is 0 Å². The molecular weight excluding hydrogens is 609 g/mol. The fourth-order valence-electron chi connectivity index (χ4n) is 5.43. The van der Waals surface area contributed by atoms with Crippen molar-refractivity contribution in [1.29, 1.82) is 0 Å². The Morgan fingerprint density at radius 3 is 2.63 bits per heavy atom. The van der Waals surface area contributed by atoms with Crippen LogP contribution in [0.15, 0.2) is 64.6 Å². The highest BCUT2D eigenvalue weighted by Crippen LogP contribution is 2.31. The fourth-order valence-corrected chi connectivity index (χ4v) is 5.68. The number of rotatable bonds is 14. The van der Waals surface area contributed by atoms with Gasteiger partial charge in [-0.2, -0.15) is 20.4 Å². The van der Waals surface area contributed by atoms with Gasteiger partial charge < -0.3 is 27.5 Å². The van der Waals surface area contributed by atoms with E-state index in [1.54, 1.807) is 30.6 Å². The summed E-state index contributed by atoms with van der Waals surface area (Å²) in [6.07, 6.45) is 7.07. The maximum absolute atomic E-state index is 15.1. The molecule has 0 aliphatic rings. The van der Waals surface area contributed by atoms with E-state index in [9.17, 15) is 4.79 Å². The number of aromatic amines is 2. The van der Waals surface area contributed by atoms with E-state index in [0.717, 1.165) is 36.1 Å². The molecule has 0 aliphatic carbocycles. The second-order valence-corrected chi connectivity index (χ2v) is 12.0. The van der Waals surface area contributed by atoms with Crippen LogP contribution in [-0.2, 0) is 12.8 Å². The molecule has 9 N–H and O–H groups in total. The lowest BCUT2D eigenvalue weighted by atomic mass is 10.0. The van der Waals surface area contributed by atoms with Gasteiger partial charge >= 0.3 is 5.69 Å². The molecule has 46 heavy (non-hydrogen) atoms. The largest absolute Gasteiger partial charge is 0.370 e. The quantitative estimate of drug-likeness (QED) is 0.0771. The van der Waals surface area contributed by atoms with Gasteiger partial charge in [0, 0.05) is 35.7 Å². The van der Waals surface area contributed by atoms with Crippen LogP contribution in [0.1, 0.15) is 56.0 Å². The zero-order chi connectivity index (χ0) is 32.8. The molecule has 0 radical (unpaired) electrons. The highest BCUT2D eigenvalue weighted by Gasteiger charge is 2.16. The van der Waals surface area contributed by atoms with Crippen LogP contribution in [0, 0.1) is 5.82 Å². The lowest BCUT2D eigenvalue weighted by Gasteiger charge is -2.17. The molecule has 0 bridgehead atoms. The number of nitrogens with zero attached hydrogens (tertiary/aromatic N) is 5. The molecule has 2 aromatic carbocycles. The average Bonchev–Trinajstić information content (AvgIpc) is 3.67. The van der Waals surface area contributed by atoms with Gasteiger partial charge in [-0.3, -0.25) is 4.57 Å². The highest BCUT2D eigenvalue weighted by molar-refractivity contribution is 6.31. The Labute approximate surface area is 270 Å². The third-order valence-electron chi connectivity index (χ3n) is 7.85. The monoisotopic (exact) mass is 647 g/mol. The number of aromatic nitrogens is 6. The van der Waals surface area contributed by atoms with Crippen molar-refractivity contribution in [2.45, 2.75) is 64.1 Å². The number of nitrogens with two attached hydrogens (primary N) is 3. The van der Waals surface area contributed by atoms with Gasteiger partial charge in [0.05, 0.1) is 34.3 Å². The van der Waals surface area contributed by atoms with Gasteiger partial charge in [0.15, 0.2) is 11.8 Å². The van der Waals surface area contributed by atoms with E-state index >= 15 is 4.39 Å². The second-order valence-electron chi connectivity index (χ2n) is 11.6. The number of aliphatic imine (C=N–C) groups is 1. The number of H-pyrrole nitrogens is 2. The maximum Gasteiger partial charge on any atom is 0.354 e. The predicted molar refractivity (Wildman–Crippen MR) is 179 cm³/mol. The van der Waals surface area contributed by atoms with E-state index < -0.39 is 11.5 Å². The Hall–Kier alpha value is -4.59. The van der Waals surface area contributed by atoms with E-state index in [0.29, 0.717) is 47.4 Å². The smallest absolute Gasteiger partial charge is 0.354 e. The van der Waals surface area contributed by atoms with E-state index in [4.69, 9.17) is 28.8 Å². The van der Waals surface area contributed by atoms with Gasteiger partial charge in [-0.05, 0) is 87.5 Å². The average molecular weight is 648 g/mol. The van der Waals surface area contributed by atoms with Crippen molar-refractivity contribution in [2.75, 3.05) is 6.54 Å². The molecule has 5 aromatic rings. The van der Waals surface area contributed by atoms with Gasteiger partial charge in [-0.25, -0.2) is 14.2 Å². The van der Waals surface area contributed by atoms with Crippen molar-refractivity contribution in [3.63, 3.8) is 0 Å². The van der Waals surface area contributed by atoms with Gasteiger partial charge in [-0.15, -0.1) is 0 Å². The molecule has 0 saturated carbocycles. The van der Waals surface area contributed by atoms with Crippen LogP contribution in [0.5, 0.6) is 0 Å². The van der Waals surface area contributed by atoms with Crippen molar-refractivity contribution in [2.24, 2.45) is 22.2 Å². The van der Waals surface area contributed by atoms with Crippen molar-refractivity contribution >= 4 is 28.6 Å². The van der Waals surface area contributed by atoms with Crippen LogP contribution in [-0.4, -0.2) is 54.5 Å². The molecule has 3 atom stereocenters. The van der Waals surface area contributed by atoms with Crippen LogP contribution >= 0.6 is 11.6 Å². The van der Waals surface area contributed by atoms with Crippen LogP contribution in [0.4, 0.5) is 4.39 Å². The molecule has 0 spiro atoms. The number of guanidine groups is 1. The second kappa shape index (κ2) is 14.7. The van der Waals surface area contributed by atoms with Crippen LogP contribution < -0.4 is 28.2 Å². The zero-order valence-electron chi connectivity index (χ0n) is 25.8. The zero-order valence-corrected chi connectivity index (χ0v) is 26.6. The summed E-state index contributed by atoms with van der Waals surface area (Å²) in [6, 6.07) is 12.9. The Kier molecular flexibility index (Phi) is 10.5. The first-order valence-electron chi connectivity index (χ1n) is 15.2. The highest BCUT2D eigenvalue weighted by atomic mass is 35.5. The molecule has 0 fully saturated rings. The molecule has 0 amide bonds. The SMILES string of the molecule is C[C@H](N)CCCc1cc(Cl)c(F)c(-c2cc3cn(-c4ccc([C@H](C)NCC[C@H](Cc5cn[nH]n5)N=C(N)N)cc4)c(=O)nc3[nH]2)c1. The number of hydrogen-bond acceptors (Lipinski definition) is 7. The first kappa shape index (κ1) is 32.8. The molecule has 0 unspecified atom stereocenters. The number of hydrogen-bond donors (Lipinski definition) is 6. The summed E-state index contributed by atoms with van der Waals surface area (Å²) < 4.78 is 16.6. The first-order chi connectivity index (χ1) is 22.1. The van der Waals surface area contributed by atoms with Crippen molar-refractivity contribution < 1.29 is 4.39 Å². The Morgan fingerprint density at radius 1 is 1.15 bits per heavy atom. The molecule has 0 saturated heterocycles. The van der Waals surface area contributed by atoms with Crippen molar-refractivity contribution in [1.82, 2.24) is 35.3 Å². The van der Waals surface area contributed by atoms with Crippen LogP contribution in [0.3, 0.4) is 0 Å². The summed E-state index contributed by atoms with van der Waals surface area (Å²) in [6.45, 7) is 4.68. The van der Waals surface area contributed by atoms with E-state index in [-0.39, 0.29) is 29.1 Å². The third kappa shape index (κ3) is 8.16. The summed E-state index contributed by atoms with van der Waals surface area (Å²) in [5, 5.41) is 14.7. The molecule has 3 heterocycles.